The third-order valence-electron chi connectivity index (χ3n) is 7.42. The lowest BCUT2D eigenvalue weighted by Gasteiger charge is -2.33. The topological polar surface area (TPSA) is 96.0 Å². The molecule has 0 aliphatic heterocycles. The van der Waals surface area contributed by atoms with Gasteiger partial charge in [0, 0.05) is 30.6 Å². The molecule has 3 rings (SSSR count). The average Bonchev–Trinajstić information content (AvgIpc) is 2.92. The maximum Gasteiger partial charge on any atom is 0.243 e. The van der Waals surface area contributed by atoms with Gasteiger partial charge in [0.15, 0.2) is 0 Å². The molecule has 1 fully saturated rings. The first-order valence-corrected chi connectivity index (χ1v) is 16.2. The predicted octanol–water partition coefficient (Wildman–Crippen LogP) is 5.46. The number of ether oxygens (including phenoxy) is 1. The number of carbonyl (C=O) groups excluding carboxylic acids is 2. The number of methoxy groups -OCH3 is 1. The van der Waals surface area contributed by atoms with Crippen LogP contribution in [0.25, 0.3) is 0 Å². The summed E-state index contributed by atoms with van der Waals surface area (Å²) in [7, 11) is -2.02. The molecule has 0 aromatic heterocycles. The molecule has 1 saturated carbocycles. The molecular formula is C30H42ClN3O5S. The van der Waals surface area contributed by atoms with Crippen molar-refractivity contribution < 1.29 is 22.7 Å². The summed E-state index contributed by atoms with van der Waals surface area (Å²) in [6.07, 6.45) is 7.26. The van der Waals surface area contributed by atoms with Crippen molar-refractivity contribution >= 4 is 39.1 Å². The number of benzene rings is 2. The van der Waals surface area contributed by atoms with E-state index in [2.05, 4.69) is 5.32 Å². The maximum atomic E-state index is 13.7. The Balaban J connectivity index is 1.79. The number of halogens is 1. The van der Waals surface area contributed by atoms with E-state index in [1.54, 1.807) is 30.2 Å². The van der Waals surface area contributed by atoms with Gasteiger partial charge in [0.25, 0.3) is 0 Å². The van der Waals surface area contributed by atoms with Crippen LogP contribution in [0.4, 0.5) is 5.69 Å². The Morgan fingerprint density at radius 3 is 2.50 bits per heavy atom. The van der Waals surface area contributed by atoms with Gasteiger partial charge in [0.2, 0.25) is 21.8 Å². The summed E-state index contributed by atoms with van der Waals surface area (Å²) in [5, 5.41) is 3.62. The molecule has 2 aromatic rings. The number of nitrogens with zero attached hydrogens (tertiary/aromatic N) is 2. The van der Waals surface area contributed by atoms with E-state index in [4.69, 9.17) is 16.3 Å². The van der Waals surface area contributed by atoms with Gasteiger partial charge in [0.05, 0.1) is 19.1 Å². The lowest BCUT2D eigenvalue weighted by atomic mass is 9.95. The van der Waals surface area contributed by atoms with Crippen molar-refractivity contribution in [2.24, 2.45) is 0 Å². The molecule has 10 heteroatoms. The molecule has 220 valence electrons. The highest BCUT2D eigenvalue weighted by Gasteiger charge is 2.30. The van der Waals surface area contributed by atoms with Crippen LogP contribution in [0.5, 0.6) is 5.75 Å². The molecule has 0 heterocycles. The van der Waals surface area contributed by atoms with Gasteiger partial charge in [-0.2, -0.15) is 0 Å². The van der Waals surface area contributed by atoms with Crippen LogP contribution < -0.4 is 14.4 Å². The largest absolute Gasteiger partial charge is 0.497 e. The molecule has 0 radical (unpaired) electrons. The van der Waals surface area contributed by atoms with Crippen molar-refractivity contribution in [1.82, 2.24) is 10.2 Å². The second kappa shape index (κ2) is 14.7. The smallest absolute Gasteiger partial charge is 0.243 e. The maximum absolute atomic E-state index is 13.7. The standard InChI is InChI=1S/C30H42ClN3O5S/c1-5-27(30(36)32-25-12-7-6-8-13-25)33(21-23-11-9-14-26(19-23)39-3)29(35)15-10-18-34(40(4,37)38)28-20-24(31)17-16-22(28)2/h9,11,14,16-17,19-20,25,27H,5-8,10,12-13,15,18,21H2,1-4H3,(H,32,36)/t27-/m1/s1. The zero-order valence-corrected chi connectivity index (χ0v) is 25.6. The van der Waals surface area contributed by atoms with Crippen molar-refractivity contribution in [3.8, 4) is 5.75 Å². The van der Waals surface area contributed by atoms with Crippen LogP contribution in [0.3, 0.4) is 0 Å². The third kappa shape index (κ3) is 8.86. The van der Waals surface area contributed by atoms with E-state index in [0.29, 0.717) is 22.9 Å². The summed E-state index contributed by atoms with van der Waals surface area (Å²) in [6.45, 7) is 4.09. The highest BCUT2D eigenvalue weighted by molar-refractivity contribution is 7.92. The molecule has 0 spiro atoms. The predicted molar refractivity (Wildman–Crippen MR) is 160 cm³/mol. The first kappa shape index (κ1) is 31.7. The van der Waals surface area contributed by atoms with Gasteiger partial charge in [-0.1, -0.05) is 56.0 Å². The number of hydrogen-bond acceptors (Lipinski definition) is 5. The Labute approximate surface area is 244 Å². The number of sulfonamides is 1. The number of aryl methyl sites for hydroxylation is 1. The van der Waals surface area contributed by atoms with Crippen LogP contribution in [0, 0.1) is 6.92 Å². The van der Waals surface area contributed by atoms with Gasteiger partial charge < -0.3 is 15.0 Å². The van der Waals surface area contributed by atoms with Crippen molar-refractivity contribution in [1.29, 1.82) is 0 Å². The molecule has 1 aliphatic carbocycles. The summed E-state index contributed by atoms with van der Waals surface area (Å²) < 4.78 is 32.0. The Morgan fingerprint density at radius 2 is 1.85 bits per heavy atom. The van der Waals surface area contributed by atoms with E-state index in [-0.39, 0.29) is 43.8 Å². The number of rotatable bonds is 13. The van der Waals surface area contributed by atoms with E-state index in [0.717, 1.165) is 43.1 Å². The normalized spacial score (nSPS) is 14.8. The zero-order chi connectivity index (χ0) is 29.3. The van der Waals surface area contributed by atoms with Crippen LogP contribution in [0.15, 0.2) is 42.5 Å². The van der Waals surface area contributed by atoms with E-state index in [9.17, 15) is 18.0 Å². The Morgan fingerprint density at radius 1 is 1.12 bits per heavy atom. The molecule has 1 aliphatic rings. The first-order valence-electron chi connectivity index (χ1n) is 14.0. The van der Waals surface area contributed by atoms with Gasteiger partial charge in [0.1, 0.15) is 11.8 Å². The van der Waals surface area contributed by atoms with Crippen LogP contribution in [-0.2, 0) is 26.2 Å². The van der Waals surface area contributed by atoms with Crippen molar-refractivity contribution in [3.05, 3.63) is 58.6 Å². The van der Waals surface area contributed by atoms with Gasteiger partial charge >= 0.3 is 0 Å². The number of amides is 2. The lowest BCUT2D eigenvalue weighted by molar-refractivity contribution is -0.141. The molecule has 40 heavy (non-hydrogen) atoms. The summed E-state index contributed by atoms with van der Waals surface area (Å²) in [6, 6.07) is 12.1. The molecule has 0 saturated heterocycles. The highest BCUT2D eigenvalue weighted by atomic mass is 35.5. The molecule has 8 nitrogen and oxygen atoms in total. The van der Waals surface area contributed by atoms with Gasteiger partial charge in [-0.15, -0.1) is 0 Å². The highest BCUT2D eigenvalue weighted by Crippen LogP contribution is 2.27. The van der Waals surface area contributed by atoms with Crippen LogP contribution >= 0.6 is 11.6 Å². The fraction of sp³-hybridized carbons (Fsp3) is 0.533. The third-order valence-corrected chi connectivity index (χ3v) is 8.83. The minimum absolute atomic E-state index is 0.0861. The van der Waals surface area contributed by atoms with E-state index in [1.165, 1.54) is 10.7 Å². The average molecular weight is 592 g/mol. The molecule has 2 amide bonds. The number of carbonyl (C=O) groups is 2. The monoisotopic (exact) mass is 591 g/mol. The van der Waals surface area contributed by atoms with Gasteiger partial charge in [-0.3, -0.25) is 13.9 Å². The van der Waals surface area contributed by atoms with Crippen LogP contribution in [0.2, 0.25) is 5.02 Å². The van der Waals surface area contributed by atoms with E-state index < -0.39 is 16.1 Å². The lowest BCUT2D eigenvalue weighted by Crippen LogP contribution is -2.51. The summed E-state index contributed by atoms with van der Waals surface area (Å²) >= 11 is 6.16. The molecular weight excluding hydrogens is 550 g/mol. The fourth-order valence-corrected chi connectivity index (χ4v) is 6.45. The Bertz CT molecular complexity index is 1260. The summed E-state index contributed by atoms with van der Waals surface area (Å²) in [5.74, 6) is 0.327. The Kier molecular flexibility index (Phi) is 11.7. The van der Waals surface area contributed by atoms with Gasteiger partial charge in [-0.05, 0) is 68.0 Å². The van der Waals surface area contributed by atoms with Gasteiger partial charge in [-0.25, -0.2) is 8.42 Å². The quantitative estimate of drug-likeness (QED) is 0.334. The van der Waals surface area contributed by atoms with Crippen molar-refractivity contribution in [2.45, 2.75) is 83.8 Å². The number of hydrogen-bond donors (Lipinski definition) is 1. The minimum Gasteiger partial charge on any atom is -0.497 e. The molecule has 0 unspecified atom stereocenters. The molecule has 2 aromatic carbocycles. The summed E-state index contributed by atoms with van der Waals surface area (Å²) in [4.78, 5) is 28.8. The SMILES string of the molecule is CC[C@H](C(=O)NC1CCCCC1)N(Cc1cccc(OC)c1)C(=O)CCCN(c1cc(Cl)ccc1C)S(C)(=O)=O. The van der Waals surface area contributed by atoms with E-state index >= 15 is 0 Å². The number of anilines is 1. The van der Waals surface area contributed by atoms with Crippen molar-refractivity contribution in [2.75, 3.05) is 24.2 Å². The zero-order valence-electron chi connectivity index (χ0n) is 24.0. The van der Waals surface area contributed by atoms with Crippen LogP contribution in [-0.4, -0.2) is 57.1 Å². The second-order valence-corrected chi connectivity index (χ2v) is 12.9. The van der Waals surface area contributed by atoms with Crippen LogP contribution in [0.1, 0.15) is 69.4 Å². The fourth-order valence-electron chi connectivity index (χ4n) is 5.26. The van der Waals surface area contributed by atoms with Crippen molar-refractivity contribution in [3.63, 3.8) is 0 Å². The first-order chi connectivity index (χ1) is 19.0. The molecule has 0 bridgehead atoms. The minimum atomic E-state index is -3.61. The second-order valence-electron chi connectivity index (χ2n) is 10.5. The Hall–Kier alpha value is -2.78. The molecule has 1 N–H and O–H groups in total. The molecule has 1 atom stereocenters. The number of nitrogens with one attached hydrogen (secondary N) is 1. The van der Waals surface area contributed by atoms with E-state index in [1.807, 2.05) is 38.1 Å². The summed E-state index contributed by atoms with van der Waals surface area (Å²) in [5.41, 5.74) is 2.11.